The van der Waals surface area contributed by atoms with Crippen LogP contribution in [0.4, 0.5) is 5.69 Å². The molecule has 1 saturated heterocycles. The van der Waals surface area contributed by atoms with Crippen molar-refractivity contribution in [2.45, 2.75) is 12.8 Å². The van der Waals surface area contributed by atoms with Gasteiger partial charge in [-0.2, -0.15) is 0 Å². The van der Waals surface area contributed by atoms with Gasteiger partial charge < -0.3 is 23.8 Å². The number of benzene rings is 2. The van der Waals surface area contributed by atoms with E-state index >= 15 is 0 Å². The summed E-state index contributed by atoms with van der Waals surface area (Å²) in [5, 5.41) is 0. The number of anilines is 1. The number of Topliss-reactive ketones (excluding diaryl/α,β-unsaturated/α-hetero) is 1. The van der Waals surface area contributed by atoms with Crippen molar-refractivity contribution in [1.82, 2.24) is 4.90 Å². The molecule has 0 radical (unpaired) electrons. The fraction of sp³-hybridized carbons (Fsp3) is 0.458. The summed E-state index contributed by atoms with van der Waals surface area (Å²) in [6.45, 7) is 4.73. The molecule has 7 nitrogen and oxygen atoms in total. The maximum atomic E-state index is 12.7. The number of para-hydroxylation sites is 2. The predicted octanol–water partition coefficient (Wildman–Crippen LogP) is 3.51. The summed E-state index contributed by atoms with van der Waals surface area (Å²) in [6.07, 6.45) is 1.29. The molecule has 0 aromatic heterocycles. The van der Waals surface area contributed by atoms with E-state index in [1.54, 1.807) is 40.6 Å². The molecule has 31 heavy (non-hydrogen) atoms. The Hall–Kier alpha value is -2.93. The number of ether oxygens (including phenoxy) is 4. The van der Waals surface area contributed by atoms with Gasteiger partial charge in [-0.25, -0.2) is 0 Å². The number of piperazine rings is 1. The minimum absolute atomic E-state index is 0.0758. The summed E-state index contributed by atoms with van der Waals surface area (Å²) in [6, 6.07) is 11.6. The number of methoxy groups -OCH3 is 4. The third-order valence-electron chi connectivity index (χ3n) is 5.66. The second-order valence-corrected chi connectivity index (χ2v) is 7.44. The van der Waals surface area contributed by atoms with Crippen molar-refractivity contribution in [2.75, 3.05) is 66.1 Å². The van der Waals surface area contributed by atoms with Crippen LogP contribution in [0.3, 0.4) is 0 Å². The second kappa shape index (κ2) is 10.9. The van der Waals surface area contributed by atoms with Gasteiger partial charge in [0.05, 0.1) is 34.1 Å². The molecule has 1 fully saturated rings. The molecular formula is C24H32N2O5. The lowest BCUT2D eigenvalue weighted by atomic mass is 10.0. The molecule has 2 aromatic rings. The van der Waals surface area contributed by atoms with E-state index in [4.69, 9.17) is 18.9 Å². The standard InChI is InChI=1S/C24H32N2O5/c1-28-21-10-6-5-8-19(21)26-14-12-25(13-15-26)11-7-9-20(27)18-16-22(29-2)24(31-4)23(17-18)30-3/h5-6,8,10,16-17H,7,9,11-15H2,1-4H3. The van der Waals surface area contributed by atoms with Crippen LogP contribution in [-0.2, 0) is 0 Å². The van der Waals surface area contributed by atoms with Crippen LogP contribution in [0, 0.1) is 0 Å². The smallest absolute Gasteiger partial charge is 0.203 e. The highest BCUT2D eigenvalue weighted by molar-refractivity contribution is 5.97. The highest BCUT2D eigenvalue weighted by atomic mass is 16.5. The molecule has 0 N–H and O–H groups in total. The van der Waals surface area contributed by atoms with Crippen LogP contribution in [0.15, 0.2) is 36.4 Å². The Labute approximate surface area is 184 Å². The average Bonchev–Trinajstić information content (AvgIpc) is 2.83. The van der Waals surface area contributed by atoms with Crippen molar-refractivity contribution in [3.63, 3.8) is 0 Å². The first-order chi connectivity index (χ1) is 15.1. The molecule has 0 saturated carbocycles. The lowest BCUT2D eigenvalue weighted by Crippen LogP contribution is -2.46. The summed E-state index contributed by atoms with van der Waals surface area (Å²) in [5.41, 5.74) is 1.72. The summed E-state index contributed by atoms with van der Waals surface area (Å²) < 4.78 is 21.5. The molecule has 1 aliphatic rings. The molecule has 0 bridgehead atoms. The highest BCUT2D eigenvalue weighted by Crippen LogP contribution is 2.38. The molecule has 2 aromatic carbocycles. The zero-order valence-corrected chi connectivity index (χ0v) is 18.8. The fourth-order valence-electron chi connectivity index (χ4n) is 3.95. The number of hydrogen-bond acceptors (Lipinski definition) is 7. The molecule has 0 atom stereocenters. The number of rotatable bonds is 10. The second-order valence-electron chi connectivity index (χ2n) is 7.44. The molecule has 0 spiro atoms. The van der Waals surface area contributed by atoms with Crippen LogP contribution in [0.25, 0.3) is 0 Å². The van der Waals surface area contributed by atoms with Crippen molar-refractivity contribution in [1.29, 1.82) is 0 Å². The van der Waals surface area contributed by atoms with E-state index in [1.807, 2.05) is 18.2 Å². The highest BCUT2D eigenvalue weighted by Gasteiger charge is 2.20. The molecule has 0 amide bonds. The van der Waals surface area contributed by atoms with Crippen LogP contribution in [0.5, 0.6) is 23.0 Å². The van der Waals surface area contributed by atoms with Gasteiger partial charge in [-0.05, 0) is 37.2 Å². The molecule has 7 heteroatoms. The fourth-order valence-corrected chi connectivity index (χ4v) is 3.95. The Morgan fingerprint density at radius 2 is 1.45 bits per heavy atom. The molecular weight excluding hydrogens is 396 g/mol. The van der Waals surface area contributed by atoms with Crippen molar-refractivity contribution in [2.24, 2.45) is 0 Å². The first-order valence-electron chi connectivity index (χ1n) is 10.5. The Morgan fingerprint density at radius 1 is 0.839 bits per heavy atom. The number of hydrogen-bond donors (Lipinski definition) is 0. The zero-order valence-electron chi connectivity index (χ0n) is 18.8. The van der Waals surface area contributed by atoms with E-state index in [0.29, 0.717) is 29.2 Å². The van der Waals surface area contributed by atoms with Crippen molar-refractivity contribution in [3.05, 3.63) is 42.0 Å². The summed E-state index contributed by atoms with van der Waals surface area (Å²) in [4.78, 5) is 17.5. The van der Waals surface area contributed by atoms with Crippen LogP contribution in [0.1, 0.15) is 23.2 Å². The number of carbonyl (C=O) groups excluding carboxylic acids is 1. The number of nitrogens with zero attached hydrogens (tertiary/aromatic N) is 2. The van der Waals surface area contributed by atoms with E-state index in [9.17, 15) is 4.79 Å². The van der Waals surface area contributed by atoms with Crippen LogP contribution in [0.2, 0.25) is 0 Å². The van der Waals surface area contributed by atoms with Crippen LogP contribution >= 0.6 is 0 Å². The van der Waals surface area contributed by atoms with Crippen LogP contribution in [-0.4, -0.2) is 71.8 Å². The minimum atomic E-state index is 0.0758. The quantitative estimate of drug-likeness (QED) is 0.537. The van der Waals surface area contributed by atoms with E-state index < -0.39 is 0 Å². The lowest BCUT2D eigenvalue weighted by Gasteiger charge is -2.36. The van der Waals surface area contributed by atoms with E-state index in [-0.39, 0.29) is 5.78 Å². The topological polar surface area (TPSA) is 60.5 Å². The first-order valence-corrected chi connectivity index (χ1v) is 10.5. The van der Waals surface area contributed by atoms with Gasteiger partial charge in [0.1, 0.15) is 5.75 Å². The molecule has 1 aliphatic heterocycles. The van der Waals surface area contributed by atoms with Gasteiger partial charge in [0, 0.05) is 38.2 Å². The SMILES string of the molecule is COc1ccccc1N1CCN(CCCC(=O)c2cc(OC)c(OC)c(OC)c2)CC1. The van der Waals surface area contributed by atoms with Gasteiger partial charge in [0.2, 0.25) is 5.75 Å². The molecule has 1 heterocycles. The molecule has 0 aliphatic carbocycles. The van der Waals surface area contributed by atoms with Gasteiger partial charge >= 0.3 is 0 Å². The largest absolute Gasteiger partial charge is 0.495 e. The number of carbonyl (C=O) groups is 1. The number of ketones is 1. The van der Waals surface area contributed by atoms with Gasteiger partial charge in [-0.1, -0.05) is 12.1 Å². The average molecular weight is 429 g/mol. The Balaban J connectivity index is 1.51. The maximum Gasteiger partial charge on any atom is 0.203 e. The summed E-state index contributed by atoms with van der Waals surface area (Å²) >= 11 is 0. The van der Waals surface area contributed by atoms with Crippen molar-refractivity contribution >= 4 is 11.5 Å². The summed E-state index contributed by atoms with van der Waals surface area (Å²) in [7, 11) is 6.36. The third-order valence-corrected chi connectivity index (χ3v) is 5.66. The maximum absolute atomic E-state index is 12.7. The van der Waals surface area contributed by atoms with Gasteiger partial charge in [-0.15, -0.1) is 0 Å². The van der Waals surface area contributed by atoms with E-state index in [1.165, 1.54) is 0 Å². The zero-order chi connectivity index (χ0) is 22.2. The lowest BCUT2D eigenvalue weighted by molar-refractivity contribution is 0.0973. The van der Waals surface area contributed by atoms with Gasteiger partial charge in [0.15, 0.2) is 17.3 Å². The monoisotopic (exact) mass is 428 g/mol. The Kier molecular flexibility index (Phi) is 8.00. The summed E-state index contributed by atoms with van der Waals surface area (Å²) in [5.74, 6) is 2.48. The predicted molar refractivity (Wildman–Crippen MR) is 121 cm³/mol. The molecule has 168 valence electrons. The van der Waals surface area contributed by atoms with Crippen LogP contribution < -0.4 is 23.8 Å². The van der Waals surface area contributed by atoms with Gasteiger partial charge in [0.25, 0.3) is 0 Å². The van der Waals surface area contributed by atoms with Crippen molar-refractivity contribution < 1.29 is 23.7 Å². The minimum Gasteiger partial charge on any atom is -0.495 e. The Morgan fingerprint density at radius 3 is 2.03 bits per heavy atom. The third kappa shape index (κ3) is 5.41. The van der Waals surface area contributed by atoms with Gasteiger partial charge in [-0.3, -0.25) is 9.69 Å². The molecule has 0 unspecified atom stereocenters. The normalized spacial score (nSPS) is 14.3. The van der Waals surface area contributed by atoms with Crippen molar-refractivity contribution in [3.8, 4) is 23.0 Å². The first kappa shape index (κ1) is 22.7. The molecule has 3 rings (SSSR count). The van der Waals surface area contributed by atoms with E-state index in [0.717, 1.165) is 50.6 Å². The van der Waals surface area contributed by atoms with E-state index in [2.05, 4.69) is 15.9 Å². The Bertz CT molecular complexity index is 853.